The summed E-state index contributed by atoms with van der Waals surface area (Å²) in [5.41, 5.74) is 1.29. The van der Waals surface area contributed by atoms with E-state index in [-0.39, 0.29) is 5.69 Å². The predicted molar refractivity (Wildman–Crippen MR) is 91.2 cm³/mol. The molecule has 0 bridgehead atoms. The summed E-state index contributed by atoms with van der Waals surface area (Å²) >= 11 is 0. The molecule has 4 aromatic rings. The van der Waals surface area contributed by atoms with E-state index in [0.29, 0.717) is 23.8 Å². The highest BCUT2D eigenvalue weighted by Crippen LogP contribution is 2.16. The van der Waals surface area contributed by atoms with Gasteiger partial charge in [-0.2, -0.15) is 19.7 Å². The van der Waals surface area contributed by atoms with Crippen LogP contribution in [0.5, 0.6) is 0 Å². The molecule has 0 N–H and O–H groups in total. The zero-order valence-corrected chi connectivity index (χ0v) is 13.1. The maximum absolute atomic E-state index is 12.6. The molecule has 0 spiro atoms. The van der Waals surface area contributed by atoms with Gasteiger partial charge in [-0.1, -0.05) is 55.5 Å². The maximum Gasteiger partial charge on any atom is 0.358 e. The first-order chi connectivity index (χ1) is 11.8. The number of aromatic nitrogens is 5. The molecule has 0 atom stereocenters. The SMILES string of the molecule is CCc1nn(-c2ccccc2)c2nc(-c3ccccc3)nc(=O)n12. The fourth-order valence-electron chi connectivity index (χ4n) is 2.66. The van der Waals surface area contributed by atoms with Crippen LogP contribution in [0.25, 0.3) is 22.9 Å². The van der Waals surface area contributed by atoms with E-state index >= 15 is 0 Å². The second-order valence-electron chi connectivity index (χ2n) is 5.35. The molecule has 118 valence electrons. The zero-order valence-electron chi connectivity index (χ0n) is 13.1. The highest BCUT2D eigenvalue weighted by Gasteiger charge is 2.16. The highest BCUT2D eigenvalue weighted by atomic mass is 16.1. The first-order valence-electron chi connectivity index (χ1n) is 7.77. The molecule has 4 rings (SSSR count). The van der Waals surface area contributed by atoms with Crippen LogP contribution in [-0.2, 0) is 6.42 Å². The van der Waals surface area contributed by atoms with Gasteiger partial charge in [0.15, 0.2) is 5.82 Å². The Morgan fingerprint density at radius 1 is 0.917 bits per heavy atom. The third kappa shape index (κ3) is 2.28. The summed E-state index contributed by atoms with van der Waals surface area (Å²) in [7, 11) is 0. The molecular weight excluding hydrogens is 302 g/mol. The van der Waals surface area contributed by atoms with Crippen LogP contribution in [0.4, 0.5) is 0 Å². The van der Waals surface area contributed by atoms with Crippen molar-refractivity contribution in [3.05, 3.63) is 77.0 Å². The maximum atomic E-state index is 12.6. The number of rotatable bonds is 3. The quantitative estimate of drug-likeness (QED) is 0.582. The Kier molecular flexibility index (Phi) is 3.42. The lowest BCUT2D eigenvalue weighted by atomic mass is 10.2. The summed E-state index contributed by atoms with van der Waals surface area (Å²) in [6, 6.07) is 19.1. The van der Waals surface area contributed by atoms with Gasteiger partial charge in [0.25, 0.3) is 0 Å². The van der Waals surface area contributed by atoms with Gasteiger partial charge < -0.3 is 0 Å². The minimum Gasteiger partial charge on any atom is -0.245 e. The molecule has 0 amide bonds. The zero-order chi connectivity index (χ0) is 16.5. The van der Waals surface area contributed by atoms with Gasteiger partial charge in [0, 0.05) is 12.0 Å². The van der Waals surface area contributed by atoms with Crippen molar-refractivity contribution in [3.63, 3.8) is 0 Å². The molecule has 2 aromatic heterocycles. The average Bonchev–Trinajstić information content (AvgIpc) is 3.02. The molecule has 2 aromatic carbocycles. The second-order valence-corrected chi connectivity index (χ2v) is 5.35. The number of hydrogen-bond donors (Lipinski definition) is 0. The van der Waals surface area contributed by atoms with Crippen LogP contribution in [-0.4, -0.2) is 24.1 Å². The number of fused-ring (bicyclic) bond motifs is 1. The summed E-state index contributed by atoms with van der Waals surface area (Å²) < 4.78 is 3.16. The average molecular weight is 317 g/mol. The van der Waals surface area contributed by atoms with Crippen molar-refractivity contribution in [1.29, 1.82) is 0 Å². The van der Waals surface area contributed by atoms with Gasteiger partial charge in [-0.3, -0.25) is 0 Å². The van der Waals surface area contributed by atoms with Gasteiger partial charge in [0.05, 0.1) is 5.69 Å². The topological polar surface area (TPSA) is 65.1 Å². The molecule has 24 heavy (non-hydrogen) atoms. The van der Waals surface area contributed by atoms with E-state index in [4.69, 9.17) is 0 Å². The van der Waals surface area contributed by atoms with Crippen molar-refractivity contribution in [1.82, 2.24) is 24.1 Å². The lowest BCUT2D eigenvalue weighted by molar-refractivity contribution is 0.836. The molecule has 6 nitrogen and oxygen atoms in total. The van der Waals surface area contributed by atoms with Crippen molar-refractivity contribution in [2.45, 2.75) is 13.3 Å². The lowest BCUT2D eigenvalue weighted by Crippen LogP contribution is -2.20. The first-order valence-corrected chi connectivity index (χ1v) is 7.77. The smallest absolute Gasteiger partial charge is 0.245 e. The van der Waals surface area contributed by atoms with Crippen LogP contribution in [0.1, 0.15) is 12.7 Å². The number of para-hydroxylation sites is 1. The molecule has 0 radical (unpaired) electrons. The summed E-state index contributed by atoms with van der Waals surface area (Å²) in [6.45, 7) is 1.95. The largest absolute Gasteiger partial charge is 0.358 e. The van der Waals surface area contributed by atoms with E-state index in [1.165, 1.54) is 4.40 Å². The molecule has 0 aliphatic heterocycles. The number of benzene rings is 2. The molecule has 6 heteroatoms. The fraction of sp³-hybridized carbons (Fsp3) is 0.111. The number of aryl methyl sites for hydroxylation is 1. The normalized spacial score (nSPS) is 11.0. The Balaban J connectivity index is 2.04. The first kappa shape index (κ1) is 14.3. The second kappa shape index (κ2) is 5.73. The van der Waals surface area contributed by atoms with Crippen molar-refractivity contribution < 1.29 is 0 Å². The van der Waals surface area contributed by atoms with E-state index in [1.54, 1.807) is 4.68 Å². The molecule has 0 aliphatic carbocycles. The van der Waals surface area contributed by atoms with Gasteiger partial charge in [0.1, 0.15) is 5.82 Å². The van der Waals surface area contributed by atoms with Crippen molar-refractivity contribution >= 4 is 5.78 Å². The Bertz CT molecular complexity index is 1050. The minimum atomic E-state index is -0.363. The highest BCUT2D eigenvalue weighted by molar-refractivity contribution is 5.57. The standard InChI is InChI=1S/C18H15N5O/c1-2-15-21-23(14-11-7-4-8-12-14)17-19-16(20-18(24)22(15)17)13-9-5-3-6-10-13/h3-12H,2H2,1H3. The van der Waals surface area contributed by atoms with Gasteiger partial charge in [-0.05, 0) is 12.1 Å². The molecule has 0 saturated carbocycles. The Morgan fingerprint density at radius 3 is 2.25 bits per heavy atom. The summed E-state index contributed by atoms with van der Waals surface area (Å²) in [4.78, 5) is 21.3. The van der Waals surface area contributed by atoms with E-state index in [9.17, 15) is 4.79 Å². The van der Waals surface area contributed by atoms with Crippen molar-refractivity contribution in [3.8, 4) is 17.1 Å². The molecule has 0 unspecified atom stereocenters. The molecule has 0 aliphatic rings. The minimum absolute atomic E-state index is 0.363. The Labute approximate surface area is 138 Å². The van der Waals surface area contributed by atoms with Crippen LogP contribution < -0.4 is 5.69 Å². The van der Waals surface area contributed by atoms with Crippen molar-refractivity contribution in [2.75, 3.05) is 0 Å². The van der Waals surface area contributed by atoms with Gasteiger partial charge in [0.2, 0.25) is 5.78 Å². The summed E-state index contributed by atoms with van der Waals surface area (Å²) in [5.74, 6) is 1.51. The fourth-order valence-corrected chi connectivity index (χ4v) is 2.66. The lowest BCUT2D eigenvalue weighted by Gasteiger charge is -2.03. The molecular formula is C18H15N5O. The van der Waals surface area contributed by atoms with Gasteiger partial charge in [-0.25, -0.2) is 9.20 Å². The van der Waals surface area contributed by atoms with E-state index < -0.39 is 0 Å². The van der Waals surface area contributed by atoms with Gasteiger partial charge >= 0.3 is 5.69 Å². The third-order valence-corrected chi connectivity index (χ3v) is 3.81. The van der Waals surface area contributed by atoms with E-state index in [2.05, 4.69) is 15.1 Å². The Morgan fingerprint density at radius 2 is 1.58 bits per heavy atom. The van der Waals surface area contributed by atoms with Crippen LogP contribution in [0.15, 0.2) is 65.5 Å². The summed E-state index contributed by atoms with van der Waals surface area (Å²) in [6.07, 6.45) is 0.615. The van der Waals surface area contributed by atoms with E-state index in [0.717, 1.165) is 11.3 Å². The number of hydrogen-bond acceptors (Lipinski definition) is 4. The number of nitrogens with zero attached hydrogens (tertiary/aromatic N) is 5. The monoisotopic (exact) mass is 317 g/mol. The third-order valence-electron chi connectivity index (χ3n) is 3.81. The Hall–Kier alpha value is -3.28. The van der Waals surface area contributed by atoms with E-state index in [1.807, 2.05) is 67.6 Å². The van der Waals surface area contributed by atoms with Gasteiger partial charge in [-0.15, -0.1) is 0 Å². The van der Waals surface area contributed by atoms with Crippen LogP contribution in [0.3, 0.4) is 0 Å². The molecule has 0 fully saturated rings. The van der Waals surface area contributed by atoms with Crippen LogP contribution in [0.2, 0.25) is 0 Å². The summed E-state index contributed by atoms with van der Waals surface area (Å²) in [5, 5.41) is 4.55. The van der Waals surface area contributed by atoms with Crippen molar-refractivity contribution in [2.24, 2.45) is 0 Å². The van der Waals surface area contributed by atoms with Crippen LogP contribution in [0, 0.1) is 0 Å². The predicted octanol–water partition coefficient (Wildman–Crippen LogP) is 2.50. The van der Waals surface area contributed by atoms with Crippen LogP contribution >= 0.6 is 0 Å². The molecule has 0 saturated heterocycles. The molecule has 2 heterocycles.